The van der Waals surface area contributed by atoms with Crippen molar-refractivity contribution < 1.29 is 18.6 Å². The molecule has 1 aromatic rings. The molecule has 1 N–H and O–H groups in total. The summed E-state index contributed by atoms with van der Waals surface area (Å²) in [5.74, 6) is 1.05. The molecule has 1 unspecified atom stereocenters. The summed E-state index contributed by atoms with van der Waals surface area (Å²) in [5.41, 5.74) is 0.853. The molecular weight excluding hydrogens is 506 g/mol. The van der Waals surface area contributed by atoms with Gasteiger partial charge in [-0.3, -0.25) is 4.90 Å². The molecule has 1 aromatic carbocycles. The summed E-state index contributed by atoms with van der Waals surface area (Å²) >= 11 is 11.8. The Morgan fingerprint density at radius 3 is 2.67 bits per heavy atom. The van der Waals surface area contributed by atoms with Gasteiger partial charge in [0, 0.05) is 18.3 Å². The summed E-state index contributed by atoms with van der Waals surface area (Å²) in [7, 11) is 3.65. The van der Waals surface area contributed by atoms with Crippen LogP contribution in [0, 0.1) is 5.82 Å². The van der Waals surface area contributed by atoms with E-state index in [-0.39, 0.29) is 27.4 Å². The van der Waals surface area contributed by atoms with E-state index >= 15 is 0 Å². The highest BCUT2D eigenvalue weighted by molar-refractivity contribution is 6.42. The lowest BCUT2D eigenvalue weighted by molar-refractivity contribution is -0.107. The average molecular weight is 541 g/mol. The number of hydrogen-bond acceptors (Lipinski definition) is 6. The summed E-state index contributed by atoms with van der Waals surface area (Å²) in [4.78, 5) is 10.8. The van der Waals surface area contributed by atoms with E-state index in [2.05, 4.69) is 41.1 Å². The largest absolute Gasteiger partial charge is 0.501 e. The fourth-order valence-electron chi connectivity index (χ4n) is 3.10. The topological polar surface area (TPSA) is 67.7 Å². The standard InChI is InChI=1S/C26H35Cl2FN4O3/c1-17(12-19(3)34-7)25(32-22-9-8-21(27)23(28)24(22)29)31-16-30-11-10-18(2)35-14-20-13-33(6)26(4,5)15-36-20/h8-12,16,20,32H,13-15H2,1-7H3/b18-10+,19-12+,25-17-,30-11-,31-16-. The zero-order valence-electron chi connectivity index (χ0n) is 21.9. The first-order chi connectivity index (χ1) is 16.9. The number of benzene rings is 1. The van der Waals surface area contributed by atoms with Crippen molar-refractivity contribution in [2.45, 2.75) is 46.3 Å². The van der Waals surface area contributed by atoms with Gasteiger partial charge in [-0.2, -0.15) is 0 Å². The van der Waals surface area contributed by atoms with E-state index < -0.39 is 5.82 Å². The molecule has 0 amide bonds. The number of morpholine rings is 1. The van der Waals surface area contributed by atoms with Gasteiger partial charge in [0.2, 0.25) is 0 Å². The molecule has 0 bridgehead atoms. The van der Waals surface area contributed by atoms with Crippen LogP contribution in [-0.4, -0.2) is 63.0 Å². The van der Waals surface area contributed by atoms with Crippen LogP contribution in [0.15, 0.2) is 57.2 Å². The van der Waals surface area contributed by atoms with Crippen molar-refractivity contribution in [3.63, 3.8) is 0 Å². The maximum absolute atomic E-state index is 14.6. The first kappa shape index (κ1) is 29.8. The average Bonchev–Trinajstić information content (AvgIpc) is 2.83. The van der Waals surface area contributed by atoms with Gasteiger partial charge in [-0.1, -0.05) is 23.2 Å². The van der Waals surface area contributed by atoms with Crippen molar-refractivity contribution in [1.82, 2.24) is 4.90 Å². The number of nitrogens with zero attached hydrogens (tertiary/aromatic N) is 3. The summed E-state index contributed by atoms with van der Waals surface area (Å²) in [6.07, 6.45) is 6.43. The molecule has 7 nitrogen and oxygen atoms in total. The first-order valence-electron chi connectivity index (χ1n) is 11.5. The van der Waals surface area contributed by atoms with E-state index in [0.717, 1.165) is 6.54 Å². The van der Waals surface area contributed by atoms with Crippen LogP contribution >= 0.6 is 23.2 Å². The summed E-state index contributed by atoms with van der Waals surface area (Å²) in [6.45, 7) is 11.7. The van der Waals surface area contributed by atoms with E-state index in [1.165, 1.54) is 18.5 Å². The Hall–Kier alpha value is -2.39. The molecule has 1 aliphatic heterocycles. The predicted octanol–water partition coefficient (Wildman–Crippen LogP) is 6.45. The lowest BCUT2D eigenvalue weighted by atomic mass is 10.0. The lowest BCUT2D eigenvalue weighted by Crippen LogP contribution is -2.55. The van der Waals surface area contributed by atoms with Crippen LogP contribution in [-0.2, 0) is 14.2 Å². The number of halogens is 3. The normalized spacial score (nSPS) is 20.1. The third-order valence-corrected chi connectivity index (χ3v) is 6.51. The maximum Gasteiger partial charge on any atom is 0.166 e. The molecule has 1 atom stereocenters. The minimum Gasteiger partial charge on any atom is -0.501 e. The highest BCUT2D eigenvalue weighted by atomic mass is 35.5. The first-order valence-corrected chi connectivity index (χ1v) is 12.2. The molecule has 1 fully saturated rings. The van der Waals surface area contributed by atoms with Crippen molar-refractivity contribution >= 4 is 41.4 Å². The summed E-state index contributed by atoms with van der Waals surface area (Å²) in [5, 5.41) is 2.90. The molecule has 0 aliphatic carbocycles. The highest BCUT2D eigenvalue weighted by Crippen LogP contribution is 2.31. The third-order valence-electron chi connectivity index (χ3n) is 5.73. The fourth-order valence-corrected chi connectivity index (χ4v) is 3.41. The van der Waals surface area contributed by atoms with Gasteiger partial charge in [-0.05, 0) is 71.5 Å². The van der Waals surface area contributed by atoms with Gasteiger partial charge < -0.3 is 19.5 Å². The molecule has 0 saturated carbocycles. The second kappa shape index (κ2) is 13.8. The number of likely N-dealkylation sites (N-methyl/N-ethyl adjacent to an activating group) is 1. The molecule has 36 heavy (non-hydrogen) atoms. The van der Waals surface area contributed by atoms with E-state index in [0.29, 0.717) is 36.1 Å². The van der Waals surface area contributed by atoms with Crippen molar-refractivity contribution in [2.24, 2.45) is 9.98 Å². The SMILES string of the molecule is CO/C(C)=C/C(C)=C(/N=C\N=C/C=C(\C)OCC1CN(C)C(C)(C)CO1)Nc1ccc(Cl)c(Cl)c1F. The molecule has 10 heteroatoms. The second-order valence-electron chi connectivity index (χ2n) is 9.10. The zero-order chi connectivity index (χ0) is 26.9. The lowest BCUT2D eigenvalue weighted by Gasteiger charge is -2.43. The molecule has 2 rings (SSSR count). The molecular formula is C26H35Cl2FN4O3. The number of allylic oxidation sites excluding steroid dienone is 5. The van der Waals surface area contributed by atoms with E-state index in [1.54, 1.807) is 32.4 Å². The van der Waals surface area contributed by atoms with Crippen LogP contribution in [0.5, 0.6) is 0 Å². The van der Waals surface area contributed by atoms with Gasteiger partial charge in [0.15, 0.2) is 5.82 Å². The molecule has 1 heterocycles. The van der Waals surface area contributed by atoms with Gasteiger partial charge in [0.25, 0.3) is 0 Å². The van der Waals surface area contributed by atoms with Crippen molar-refractivity contribution in [1.29, 1.82) is 0 Å². The number of rotatable bonds is 10. The monoisotopic (exact) mass is 540 g/mol. The molecule has 0 radical (unpaired) electrons. The highest BCUT2D eigenvalue weighted by Gasteiger charge is 2.32. The summed E-state index contributed by atoms with van der Waals surface area (Å²) < 4.78 is 31.5. The van der Waals surface area contributed by atoms with Gasteiger partial charge in [0.05, 0.1) is 41.0 Å². The third kappa shape index (κ3) is 8.92. The van der Waals surface area contributed by atoms with E-state index in [1.807, 2.05) is 13.8 Å². The Bertz CT molecular complexity index is 1070. The number of methoxy groups -OCH3 is 1. The number of ether oxygens (including phenoxy) is 3. The number of nitrogens with one attached hydrogen (secondary N) is 1. The van der Waals surface area contributed by atoms with Crippen LogP contribution < -0.4 is 5.32 Å². The van der Waals surface area contributed by atoms with Crippen LogP contribution in [0.4, 0.5) is 10.1 Å². The van der Waals surface area contributed by atoms with E-state index in [9.17, 15) is 4.39 Å². The van der Waals surface area contributed by atoms with Gasteiger partial charge in [0.1, 0.15) is 24.9 Å². The van der Waals surface area contributed by atoms with E-state index in [4.69, 9.17) is 37.4 Å². The Morgan fingerprint density at radius 2 is 2.00 bits per heavy atom. The van der Waals surface area contributed by atoms with Gasteiger partial charge in [-0.15, -0.1) is 0 Å². The van der Waals surface area contributed by atoms with Crippen molar-refractivity contribution in [3.05, 3.63) is 63.1 Å². The van der Waals surface area contributed by atoms with Crippen LogP contribution in [0.25, 0.3) is 0 Å². The Labute approximate surface area is 223 Å². The number of anilines is 1. The molecule has 1 saturated heterocycles. The zero-order valence-corrected chi connectivity index (χ0v) is 23.4. The van der Waals surface area contributed by atoms with Gasteiger partial charge in [-0.25, -0.2) is 14.4 Å². The predicted molar refractivity (Wildman–Crippen MR) is 147 cm³/mol. The molecule has 1 aliphatic rings. The quantitative estimate of drug-likeness (QED) is 0.121. The van der Waals surface area contributed by atoms with Crippen molar-refractivity contribution in [2.75, 3.05) is 39.2 Å². The molecule has 0 spiro atoms. The minimum atomic E-state index is -0.673. The van der Waals surface area contributed by atoms with Crippen LogP contribution in [0.3, 0.4) is 0 Å². The molecule has 0 aromatic heterocycles. The second-order valence-corrected chi connectivity index (χ2v) is 9.88. The van der Waals surface area contributed by atoms with Crippen LogP contribution in [0.2, 0.25) is 10.0 Å². The van der Waals surface area contributed by atoms with Crippen LogP contribution in [0.1, 0.15) is 34.6 Å². The van der Waals surface area contributed by atoms with Crippen molar-refractivity contribution in [3.8, 4) is 0 Å². The Kier molecular flexibility index (Phi) is 11.4. The smallest absolute Gasteiger partial charge is 0.166 e. The number of aliphatic imine (C=N–C) groups is 2. The minimum absolute atomic E-state index is 0.0111. The Morgan fingerprint density at radius 1 is 1.28 bits per heavy atom. The summed E-state index contributed by atoms with van der Waals surface area (Å²) in [6, 6.07) is 2.99. The fraction of sp³-hybridized carbons (Fsp3) is 0.462. The maximum atomic E-state index is 14.6. The number of hydrogen-bond donors (Lipinski definition) is 1. The molecule has 198 valence electrons. The van der Waals surface area contributed by atoms with Gasteiger partial charge >= 0.3 is 0 Å². The Balaban J connectivity index is 2.05.